The van der Waals surface area contributed by atoms with Gasteiger partial charge in [0.15, 0.2) is 0 Å². The standard InChI is InChI=1S/C14H18N2O3/c1-8-5-6-13(18-8)10(3)15-14(17)7-12-9(2)16-19-11(12)4/h5-6,10H,7H2,1-4H3,(H,15,17)/t10-/m0/s1. The molecule has 102 valence electrons. The molecule has 1 amide bonds. The third kappa shape index (κ3) is 3.05. The van der Waals surface area contributed by atoms with Gasteiger partial charge in [-0.1, -0.05) is 5.16 Å². The number of rotatable bonds is 4. The van der Waals surface area contributed by atoms with Crippen LogP contribution >= 0.6 is 0 Å². The SMILES string of the molecule is Cc1ccc([C@H](C)NC(=O)Cc2c(C)noc2C)o1. The number of carbonyl (C=O) groups excluding carboxylic acids is 1. The third-order valence-electron chi connectivity index (χ3n) is 3.08. The Morgan fingerprint density at radius 2 is 2.11 bits per heavy atom. The summed E-state index contributed by atoms with van der Waals surface area (Å²) < 4.78 is 10.5. The first-order chi connectivity index (χ1) is 8.97. The molecular formula is C14H18N2O3. The van der Waals surface area contributed by atoms with Gasteiger partial charge in [-0.3, -0.25) is 4.79 Å². The van der Waals surface area contributed by atoms with Crippen LogP contribution in [0.25, 0.3) is 0 Å². The number of nitrogens with one attached hydrogen (secondary N) is 1. The predicted molar refractivity (Wildman–Crippen MR) is 69.7 cm³/mol. The van der Waals surface area contributed by atoms with Gasteiger partial charge in [0.05, 0.1) is 18.2 Å². The van der Waals surface area contributed by atoms with Crippen LogP contribution < -0.4 is 5.32 Å². The Hall–Kier alpha value is -2.04. The van der Waals surface area contributed by atoms with E-state index in [0.29, 0.717) is 5.76 Å². The zero-order valence-corrected chi connectivity index (χ0v) is 11.6. The van der Waals surface area contributed by atoms with Crippen LogP contribution in [0.5, 0.6) is 0 Å². The highest BCUT2D eigenvalue weighted by Gasteiger charge is 2.16. The molecule has 0 saturated heterocycles. The molecule has 2 aromatic heterocycles. The van der Waals surface area contributed by atoms with Gasteiger partial charge in [0.2, 0.25) is 5.91 Å². The molecule has 5 nitrogen and oxygen atoms in total. The number of carbonyl (C=O) groups is 1. The van der Waals surface area contributed by atoms with Crippen molar-refractivity contribution in [3.05, 3.63) is 40.7 Å². The first kappa shape index (κ1) is 13.4. The molecule has 0 unspecified atom stereocenters. The highest BCUT2D eigenvalue weighted by molar-refractivity contribution is 5.79. The Morgan fingerprint density at radius 3 is 2.63 bits per heavy atom. The van der Waals surface area contributed by atoms with Crippen molar-refractivity contribution in [1.82, 2.24) is 10.5 Å². The van der Waals surface area contributed by atoms with E-state index in [1.54, 1.807) is 0 Å². The molecule has 0 aliphatic heterocycles. The van der Waals surface area contributed by atoms with Crippen LogP contribution in [-0.4, -0.2) is 11.1 Å². The highest BCUT2D eigenvalue weighted by atomic mass is 16.5. The average Bonchev–Trinajstić information content (AvgIpc) is 2.90. The van der Waals surface area contributed by atoms with Crippen LogP contribution in [0.3, 0.4) is 0 Å². The smallest absolute Gasteiger partial charge is 0.225 e. The Kier molecular flexibility index (Phi) is 3.74. The summed E-state index contributed by atoms with van der Waals surface area (Å²) in [6.45, 7) is 7.41. The first-order valence-electron chi connectivity index (χ1n) is 6.25. The zero-order chi connectivity index (χ0) is 14.0. The molecule has 2 aromatic rings. The Labute approximate surface area is 112 Å². The monoisotopic (exact) mass is 262 g/mol. The molecule has 1 atom stereocenters. The van der Waals surface area contributed by atoms with Crippen molar-refractivity contribution in [2.24, 2.45) is 0 Å². The van der Waals surface area contributed by atoms with Crippen molar-refractivity contribution in [2.45, 2.75) is 40.2 Å². The largest absolute Gasteiger partial charge is 0.464 e. The molecule has 0 spiro atoms. The molecule has 2 heterocycles. The van der Waals surface area contributed by atoms with E-state index >= 15 is 0 Å². The number of hydrogen-bond donors (Lipinski definition) is 1. The number of furan rings is 1. The maximum absolute atomic E-state index is 12.0. The average molecular weight is 262 g/mol. The molecule has 19 heavy (non-hydrogen) atoms. The topological polar surface area (TPSA) is 68.3 Å². The Bertz CT molecular complexity index is 564. The van der Waals surface area contributed by atoms with E-state index in [0.717, 1.165) is 22.8 Å². The third-order valence-corrected chi connectivity index (χ3v) is 3.08. The van der Waals surface area contributed by atoms with Gasteiger partial charge in [-0.25, -0.2) is 0 Å². The molecule has 0 aromatic carbocycles. The van der Waals surface area contributed by atoms with Gasteiger partial charge in [-0.05, 0) is 39.8 Å². The quantitative estimate of drug-likeness (QED) is 0.919. The van der Waals surface area contributed by atoms with E-state index in [1.807, 2.05) is 39.8 Å². The second-order valence-electron chi connectivity index (χ2n) is 4.72. The minimum Gasteiger partial charge on any atom is -0.464 e. The fourth-order valence-electron chi connectivity index (χ4n) is 1.96. The van der Waals surface area contributed by atoms with E-state index in [2.05, 4.69) is 10.5 Å². The van der Waals surface area contributed by atoms with Crippen molar-refractivity contribution in [3.63, 3.8) is 0 Å². The predicted octanol–water partition coefficient (Wildman–Crippen LogP) is 2.61. The second kappa shape index (κ2) is 5.30. The molecule has 5 heteroatoms. The van der Waals surface area contributed by atoms with Crippen LogP contribution in [-0.2, 0) is 11.2 Å². The normalized spacial score (nSPS) is 12.4. The zero-order valence-electron chi connectivity index (χ0n) is 11.6. The summed E-state index contributed by atoms with van der Waals surface area (Å²) in [6, 6.07) is 3.60. The van der Waals surface area contributed by atoms with Crippen LogP contribution in [0.15, 0.2) is 21.1 Å². The van der Waals surface area contributed by atoms with Crippen molar-refractivity contribution < 1.29 is 13.7 Å². The van der Waals surface area contributed by atoms with Crippen LogP contribution in [0.4, 0.5) is 0 Å². The summed E-state index contributed by atoms with van der Waals surface area (Å²) in [5.41, 5.74) is 1.61. The maximum Gasteiger partial charge on any atom is 0.225 e. The van der Waals surface area contributed by atoms with Gasteiger partial charge in [-0.15, -0.1) is 0 Å². The fourth-order valence-corrected chi connectivity index (χ4v) is 1.96. The van der Waals surface area contributed by atoms with Crippen molar-refractivity contribution in [2.75, 3.05) is 0 Å². The van der Waals surface area contributed by atoms with Gasteiger partial charge in [-0.2, -0.15) is 0 Å². The Balaban J connectivity index is 1.98. The minimum atomic E-state index is -0.151. The molecule has 2 rings (SSSR count). The fraction of sp³-hybridized carbons (Fsp3) is 0.429. The lowest BCUT2D eigenvalue weighted by Crippen LogP contribution is -2.28. The maximum atomic E-state index is 12.0. The Morgan fingerprint density at radius 1 is 1.37 bits per heavy atom. The molecule has 0 fully saturated rings. The molecule has 0 aliphatic rings. The van der Waals surface area contributed by atoms with E-state index < -0.39 is 0 Å². The lowest BCUT2D eigenvalue weighted by molar-refractivity contribution is -0.121. The molecule has 0 radical (unpaired) electrons. The number of aryl methyl sites for hydroxylation is 3. The lowest BCUT2D eigenvalue weighted by atomic mass is 10.1. The highest BCUT2D eigenvalue weighted by Crippen LogP contribution is 2.17. The molecule has 1 N–H and O–H groups in total. The van der Waals surface area contributed by atoms with E-state index in [-0.39, 0.29) is 18.4 Å². The van der Waals surface area contributed by atoms with Crippen molar-refractivity contribution in [1.29, 1.82) is 0 Å². The summed E-state index contributed by atoms with van der Waals surface area (Å²) in [6.07, 6.45) is 0.269. The lowest BCUT2D eigenvalue weighted by Gasteiger charge is -2.11. The van der Waals surface area contributed by atoms with E-state index in [9.17, 15) is 4.79 Å². The number of amides is 1. The summed E-state index contributed by atoms with van der Waals surface area (Å²) in [5.74, 6) is 2.21. The van der Waals surface area contributed by atoms with Gasteiger partial charge < -0.3 is 14.3 Å². The number of hydrogen-bond acceptors (Lipinski definition) is 4. The van der Waals surface area contributed by atoms with Gasteiger partial charge in [0, 0.05) is 5.56 Å². The first-order valence-corrected chi connectivity index (χ1v) is 6.25. The van der Waals surface area contributed by atoms with Gasteiger partial charge in [0.25, 0.3) is 0 Å². The van der Waals surface area contributed by atoms with Crippen LogP contribution in [0, 0.1) is 20.8 Å². The molecule has 0 bridgehead atoms. The molecule has 0 saturated carbocycles. The summed E-state index contributed by atoms with van der Waals surface area (Å²) in [7, 11) is 0. The van der Waals surface area contributed by atoms with E-state index in [4.69, 9.17) is 8.94 Å². The van der Waals surface area contributed by atoms with Gasteiger partial charge >= 0.3 is 0 Å². The number of aromatic nitrogens is 1. The van der Waals surface area contributed by atoms with Crippen molar-refractivity contribution in [3.8, 4) is 0 Å². The van der Waals surface area contributed by atoms with E-state index in [1.165, 1.54) is 0 Å². The number of nitrogens with zero attached hydrogens (tertiary/aromatic N) is 1. The summed E-state index contributed by atoms with van der Waals surface area (Å²) in [4.78, 5) is 12.0. The minimum absolute atomic E-state index is 0.0732. The second-order valence-corrected chi connectivity index (χ2v) is 4.72. The molecular weight excluding hydrogens is 244 g/mol. The van der Waals surface area contributed by atoms with Crippen LogP contribution in [0.2, 0.25) is 0 Å². The van der Waals surface area contributed by atoms with Crippen LogP contribution in [0.1, 0.15) is 41.5 Å². The summed E-state index contributed by atoms with van der Waals surface area (Å²) in [5, 5.41) is 6.74. The van der Waals surface area contributed by atoms with Crippen molar-refractivity contribution >= 4 is 5.91 Å². The summed E-state index contributed by atoms with van der Waals surface area (Å²) >= 11 is 0. The van der Waals surface area contributed by atoms with Gasteiger partial charge in [0.1, 0.15) is 17.3 Å². The molecule has 0 aliphatic carbocycles.